The molecule has 2 amide bonds. The normalized spacial score (nSPS) is 16.1. The van der Waals surface area contributed by atoms with E-state index in [1.807, 2.05) is 31.2 Å². The first kappa shape index (κ1) is 19.1. The van der Waals surface area contributed by atoms with Crippen LogP contribution in [0.2, 0.25) is 0 Å². The lowest BCUT2D eigenvalue weighted by Gasteiger charge is -2.23. The molecule has 27 heavy (non-hydrogen) atoms. The van der Waals surface area contributed by atoms with Gasteiger partial charge in [-0.25, -0.2) is 13.1 Å². The largest absolute Gasteiger partial charge is 0.326 e. The molecule has 1 aliphatic rings. The van der Waals surface area contributed by atoms with Gasteiger partial charge in [0.05, 0.1) is 11.4 Å². The van der Waals surface area contributed by atoms with Gasteiger partial charge in [0.15, 0.2) is 0 Å². The molecule has 0 aliphatic carbocycles. The Balaban J connectivity index is 1.68. The molecule has 2 aromatic carbocycles. The molecule has 1 atom stereocenters. The minimum absolute atomic E-state index is 0.0173. The molecule has 0 spiro atoms. The van der Waals surface area contributed by atoms with Crippen molar-refractivity contribution in [3.05, 3.63) is 54.1 Å². The standard InChI is InChI=1S/C19H21N3O4S/c1-13-11-15-5-3-4-6-18(15)22(13)19(24)12-20-27(25,26)17-9-7-16(8-10-17)21-14(2)23/h3-10,13,20H,11-12H2,1-2H3,(H,21,23). The number of fused-ring (bicyclic) bond motifs is 1. The molecule has 8 heteroatoms. The lowest BCUT2D eigenvalue weighted by molar-refractivity contribution is -0.118. The lowest BCUT2D eigenvalue weighted by atomic mass is 10.1. The van der Waals surface area contributed by atoms with Crippen molar-refractivity contribution in [3.8, 4) is 0 Å². The Hall–Kier alpha value is -2.71. The van der Waals surface area contributed by atoms with Crippen LogP contribution in [0.15, 0.2) is 53.4 Å². The predicted molar refractivity (Wildman–Crippen MR) is 103 cm³/mol. The Kier molecular flexibility index (Phi) is 5.29. The number of sulfonamides is 1. The summed E-state index contributed by atoms with van der Waals surface area (Å²) in [7, 11) is -3.84. The second-order valence-electron chi connectivity index (χ2n) is 6.48. The van der Waals surface area contributed by atoms with Crippen molar-refractivity contribution in [2.45, 2.75) is 31.2 Å². The summed E-state index contributed by atoms with van der Waals surface area (Å²) in [4.78, 5) is 25.3. The SMILES string of the molecule is CC(=O)Nc1ccc(S(=O)(=O)NCC(=O)N2c3ccccc3CC2C)cc1. The van der Waals surface area contributed by atoms with E-state index in [2.05, 4.69) is 10.0 Å². The predicted octanol–water partition coefficient (Wildman–Crippen LogP) is 1.90. The number of carbonyl (C=O) groups excluding carboxylic acids is 2. The number of nitrogens with zero attached hydrogens (tertiary/aromatic N) is 1. The van der Waals surface area contributed by atoms with E-state index < -0.39 is 10.0 Å². The Morgan fingerprint density at radius 2 is 1.78 bits per heavy atom. The molecule has 142 valence electrons. The summed E-state index contributed by atoms with van der Waals surface area (Å²) in [5, 5.41) is 2.57. The molecule has 1 aliphatic heterocycles. The Bertz CT molecular complexity index is 971. The zero-order valence-electron chi connectivity index (χ0n) is 15.1. The van der Waals surface area contributed by atoms with Crippen molar-refractivity contribution in [1.29, 1.82) is 0 Å². The van der Waals surface area contributed by atoms with E-state index in [9.17, 15) is 18.0 Å². The van der Waals surface area contributed by atoms with Crippen molar-refractivity contribution in [2.24, 2.45) is 0 Å². The fourth-order valence-electron chi connectivity index (χ4n) is 3.19. The van der Waals surface area contributed by atoms with Crippen LogP contribution in [0, 0.1) is 0 Å². The van der Waals surface area contributed by atoms with Crippen LogP contribution < -0.4 is 14.9 Å². The number of amides is 2. The first-order chi connectivity index (χ1) is 12.8. The molecule has 0 aromatic heterocycles. The zero-order valence-corrected chi connectivity index (χ0v) is 15.9. The molecule has 2 aromatic rings. The van der Waals surface area contributed by atoms with Crippen LogP contribution in [0.25, 0.3) is 0 Å². The molecule has 1 heterocycles. The summed E-state index contributed by atoms with van der Waals surface area (Å²) in [5.41, 5.74) is 2.41. The maximum absolute atomic E-state index is 12.6. The molecule has 0 bridgehead atoms. The van der Waals surface area contributed by atoms with Crippen LogP contribution in [0.4, 0.5) is 11.4 Å². The summed E-state index contributed by atoms with van der Waals surface area (Å²) >= 11 is 0. The molecular weight excluding hydrogens is 366 g/mol. The van der Waals surface area contributed by atoms with E-state index in [-0.39, 0.29) is 29.3 Å². The van der Waals surface area contributed by atoms with E-state index in [1.54, 1.807) is 4.90 Å². The first-order valence-electron chi connectivity index (χ1n) is 8.55. The monoisotopic (exact) mass is 387 g/mol. The van der Waals surface area contributed by atoms with E-state index in [1.165, 1.54) is 31.2 Å². The number of carbonyl (C=O) groups is 2. The number of benzene rings is 2. The second-order valence-corrected chi connectivity index (χ2v) is 8.24. The van der Waals surface area contributed by atoms with Crippen LogP contribution in [0.5, 0.6) is 0 Å². The minimum atomic E-state index is -3.84. The van der Waals surface area contributed by atoms with Gasteiger partial charge in [0.1, 0.15) is 0 Å². The number of hydrogen-bond donors (Lipinski definition) is 2. The van der Waals surface area contributed by atoms with Gasteiger partial charge < -0.3 is 10.2 Å². The topological polar surface area (TPSA) is 95.6 Å². The highest BCUT2D eigenvalue weighted by molar-refractivity contribution is 7.89. The number of nitrogens with one attached hydrogen (secondary N) is 2. The van der Waals surface area contributed by atoms with Gasteiger partial charge in [0, 0.05) is 24.3 Å². The molecule has 0 saturated carbocycles. The number of para-hydroxylation sites is 1. The fourth-order valence-corrected chi connectivity index (χ4v) is 4.17. The maximum atomic E-state index is 12.6. The highest BCUT2D eigenvalue weighted by atomic mass is 32.2. The van der Waals surface area contributed by atoms with E-state index in [0.29, 0.717) is 5.69 Å². The summed E-state index contributed by atoms with van der Waals surface area (Å²) in [6.07, 6.45) is 0.749. The van der Waals surface area contributed by atoms with Gasteiger partial charge in [0.2, 0.25) is 21.8 Å². The van der Waals surface area contributed by atoms with Crippen molar-refractivity contribution in [1.82, 2.24) is 4.72 Å². The van der Waals surface area contributed by atoms with Crippen LogP contribution in [0.1, 0.15) is 19.4 Å². The van der Waals surface area contributed by atoms with Crippen molar-refractivity contribution in [3.63, 3.8) is 0 Å². The van der Waals surface area contributed by atoms with Crippen molar-refractivity contribution >= 4 is 33.2 Å². The van der Waals surface area contributed by atoms with Crippen LogP contribution in [0.3, 0.4) is 0 Å². The van der Waals surface area contributed by atoms with Gasteiger partial charge in [-0.05, 0) is 49.2 Å². The van der Waals surface area contributed by atoms with E-state index >= 15 is 0 Å². The quantitative estimate of drug-likeness (QED) is 0.819. The molecule has 0 saturated heterocycles. The molecule has 0 fully saturated rings. The fraction of sp³-hybridized carbons (Fsp3) is 0.263. The summed E-state index contributed by atoms with van der Waals surface area (Å²) in [5.74, 6) is -0.541. The maximum Gasteiger partial charge on any atom is 0.242 e. The zero-order chi connectivity index (χ0) is 19.6. The molecule has 0 radical (unpaired) electrons. The molecule has 7 nitrogen and oxygen atoms in total. The third-order valence-corrected chi connectivity index (χ3v) is 5.79. The van der Waals surface area contributed by atoms with Gasteiger partial charge in [0.25, 0.3) is 0 Å². The lowest BCUT2D eigenvalue weighted by Crippen LogP contribution is -2.43. The third kappa shape index (κ3) is 4.17. The highest BCUT2D eigenvalue weighted by Crippen LogP contribution is 2.31. The summed E-state index contributed by atoms with van der Waals surface area (Å²) in [6, 6.07) is 13.4. The smallest absolute Gasteiger partial charge is 0.242 e. The second kappa shape index (κ2) is 7.50. The Labute approximate surface area is 158 Å². The van der Waals surface area contributed by atoms with Gasteiger partial charge in [-0.15, -0.1) is 0 Å². The Morgan fingerprint density at radius 3 is 2.44 bits per heavy atom. The molecule has 2 N–H and O–H groups in total. The number of rotatable bonds is 5. The molecule has 1 unspecified atom stereocenters. The minimum Gasteiger partial charge on any atom is -0.326 e. The third-order valence-electron chi connectivity index (χ3n) is 4.37. The van der Waals surface area contributed by atoms with Crippen molar-refractivity contribution in [2.75, 3.05) is 16.8 Å². The Morgan fingerprint density at radius 1 is 1.11 bits per heavy atom. The highest BCUT2D eigenvalue weighted by Gasteiger charge is 2.31. The van der Waals surface area contributed by atoms with Crippen LogP contribution in [-0.2, 0) is 26.0 Å². The van der Waals surface area contributed by atoms with Crippen LogP contribution >= 0.6 is 0 Å². The average Bonchev–Trinajstić information content (AvgIpc) is 2.95. The van der Waals surface area contributed by atoms with E-state index in [4.69, 9.17) is 0 Å². The molecular formula is C19H21N3O4S. The van der Waals surface area contributed by atoms with Crippen LogP contribution in [-0.4, -0.2) is 32.8 Å². The van der Waals surface area contributed by atoms with Gasteiger partial charge >= 0.3 is 0 Å². The van der Waals surface area contributed by atoms with Gasteiger partial charge in [-0.2, -0.15) is 0 Å². The summed E-state index contributed by atoms with van der Waals surface area (Å²) < 4.78 is 27.2. The summed E-state index contributed by atoms with van der Waals surface area (Å²) in [6.45, 7) is 2.98. The molecule has 3 rings (SSSR count). The average molecular weight is 387 g/mol. The van der Waals surface area contributed by atoms with Crippen molar-refractivity contribution < 1.29 is 18.0 Å². The number of hydrogen-bond acceptors (Lipinski definition) is 4. The van der Waals surface area contributed by atoms with Gasteiger partial charge in [-0.1, -0.05) is 18.2 Å². The van der Waals surface area contributed by atoms with E-state index in [0.717, 1.165) is 17.7 Å². The van der Waals surface area contributed by atoms with Gasteiger partial charge in [-0.3, -0.25) is 9.59 Å². The first-order valence-corrected chi connectivity index (χ1v) is 10.0. The number of anilines is 2.